The van der Waals surface area contributed by atoms with Crippen molar-refractivity contribution in [2.24, 2.45) is 0 Å². The molecule has 6 nitrogen and oxygen atoms in total. The summed E-state index contributed by atoms with van der Waals surface area (Å²) < 4.78 is 1.81. The van der Waals surface area contributed by atoms with Crippen LogP contribution in [0.5, 0.6) is 0 Å². The van der Waals surface area contributed by atoms with Crippen molar-refractivity contribution >= 4 is 23.0 Å². The summed E-state index contributed by atoms with van der Waals surface area (Å²) in [4.78, 5) is 10.6. The number of nitro groups is 1. The van der Waals surface area contributed by atoms with Crippen LogP contribution in [0.1, 0.15) is 5.56 Å². The number of nitro benzene ring substituents is 1. The third kappa shape index (κ3) is 3.72. The molecule has 0 bridgehead atoms. The van der Waals surface area contributed by atoms with Gasteiger partial charge in [-0.15, -0.1) is 0 Å². The number of para-hydroxylation sites is 1. The van der Waals surface area contributed by atoms with E-state index in [1.165, 1.54) is 6.07 Å². The maximum atomic E-state index is 11.1. The van der Waals surface area contributed by atoms with Gasteiger partial charge >= 0.3 is 0 Å². The molecule has 0 aliphatic carbocycles. The number of benzene rings is 2. The summed E-state index contributed by atoms with van der Waals surface area (Å²) in [5.74, 6) is 0. The Morgan fingerprint density at radius 3 is 2.75 bits per heavy atom. The van der Waals surface area contributed by atoms with Gasteiger partial charge < -0.3 is 5.32 Å². The van der Waals surface area contributed by atoms with Gasteiger partial charge in [-0.3, -0.25) is 10.1 Å². The first kappa shape index (κ1) is 16.0. The topological polar surface area (TPSA) is 73.0 Å². The average molecular weight is 343 g/mol. The molecule has 1 aromatic heterocycles. The molecule has 0 atom stereocenters. The van der Waals surface area contributed by atoms with E-state index in [4.69, 9.17) is 11.6 Å². The van der Waals surface area contributed by atoms with Crippen LogP contribution in [-0.2, 0) is 6.42 Å². The minimum atomic E-state index is -0.443. The van der Waals surface area contributed by atoms with Crippen LogP contribution < -0.4 is 5.32 Å². The SMILES string of the molecule is O=[N+]([O-])c1cc(Cl)ccc1NCCc1cnn(-c2ccccc2)c1. The van der Waals surface area contributed by atoms with E-state index in [9.17, 15) is 10.1 Å². The number of nitrogens with zero attached hydrogens (tertiary/aromatic N) is 3. The molecule has 24 heavy (non-hydrogen) atoms. The second-order valence-corrected chi connectivity index (χ2v) is 5.66. The summed E-state index contributed by atoms with van der Waals surface area (Å²) in [6, 6.07) is 14.4. The standard InChI is InChI=1S/C17H15ClN4O2/c18-14-6-7-16(17(10-14)22(23)24)19-9-8-13-11-20-21(12-13)15-4-2-1-3-5-15/h1-7,10-12,19H,8-9H2. The van der Waals surface area contributed by atoms with Crippen molar-refractivity contribution in [1.82, 2.24) is 9.78 Å². The Morgan fingerprint density at radius 1 is 1.21 bits per heavy atom. The lowest BCUT2D eigenvalue weighted by Gasteiger charge is -2.06. The zero-order chi connectivity index (χ0) is 16.9. The molecule has 0 saturated heterocycles. The minimum absolute atomic E-state index is 0.0255. The zero-order valence-corrected chi connectivity index (χ0v) is 13.5. The van der Waals surface area contributed by atoms with Gasteiger partial charge in [-0.05, 0) is 36.2 Å². The Hall–Kier alpha value is -2.86. The largest absolute Gasteiger partial charge is 0.379 e. The Morgan fingerprint density at radius 2 is 2.00 bits per heavy atom. The van der Waals surface area contributed by atoms with E-state index in [0.29, 0.717) is 23.7 Å². The number of nitrogens with one attached hydrogen (secondary N) is 1. The lowest BCUT2D eigenvalue weighted by atomic mass is 10.2. The van der Waals surface area contributed by atoms with Crippen molar-refractivity contribution in [3.63, 3.8) is 0 Å². The molecule has 7 heteroatoms. The molecule has 0 aliphatic heterocycles. The van der Waals surface area contributed by atoms with Crippen molar-refractivity contribution in [3.05, 3.63) is 81.6 Å². The predicted octanol–water partition coefficient (Wildman–Crippen LogP) is 4.09. The molecular formula is C17H15ClN4O2. The van der Waals surface area contributed by atoms with Gasteiger partial charge in [0.25, 0.3) is 5.69 Å². The molecule has 122 valence electrons. The first-order valence-electron chi connectivity index (χ1n) is 7.40. The van der Waals surface area contributed by atoms with E-state index in [-0.39, 0.29) is 5.69 Å². The molecule has 1 heterocycles. The predicted molar refractivity (Wildman–Crippen MR) is 93.9 cm³/mol. The Kier molecular flexibility index (Phi) is 4.77. The molecule has 2 aromatic carbocycles. The monoisotopic (exact) mass is 342 g/mol. The number of hydrogen-bond donors (Lipinski definition) is 1. The molecule has 3 rings (SSSR count). The van der Waals surface area contributed by atoms with Gasteiger partial charge in [0.1, 0.15) is 5.69 Å². The molecule has 0 radical (unpaired) electrons. The number of aromatic nitrogens is 2. The smallest absolute Gasteiger partial charge is 0.293 e. The van der Waals surface area contributed by atoms with Gasteiger partial charge in [-0.2, -0.15) is 5.10 Å². The average Bonchev–Trinajstić information content (AvgIpc) is 3.06. The summed E-state index contributed by atoms with van der Waals surface area (Å²) in [5, 5.41) is 18.8. The van der Waals surface area contributed by atoms with Crippen LogP contribution in [0.25, 0.3) is 5.69 Å². The van der Waals surface area contributed by atoms with Crippen molar-refractivity contribution in [3.8, 4) is 5.69 Å². The van der Waals surface area contributed by atoms with Crippen LogP contribution >= 0.6 is 11.6 Å². The van der Waals surface area contributed by atoms with Crippen LogP contribution in [-0.4, -0.2) is 21.2 Å². The van der Waals surface area contributed by atoms with Crippen molar-refractivity contribution in [2.75, 3.05) is 11.9 Å². The molecule has 0 amide bonds. The first-order chi connectivity index (χ1) is 11.6. The van der Waals surface area contributed by atoms with Crippen molar-refractivity contribution in [2.45, 2.75) is 6.42 Å². The van der Waals surface area contributed by atoms with E-state index >= 15 is 0 Å². The number of anilines is 1. The van der Waals surface area contributed by atoms with E-state index in [2.05, 4.69) is 10.4 Å². The number of rotatable bonds is 6. The maximum Gasteiger partial charge on any atom is 0.293 e. The van der Waals surface area contributed by atoms with Crippen LogP contribution in [0, 0.1) is 10.1 Å². The Balaban J connectivity index is 1.64. The number of hydrogen-bond acceptors (Lipinski definition) is 4. The van der Waals surface area contributed by atoms with Gasteiger partial charge in [-0.1, -0.05) is 29.8 Å². The molecule has 0 fully saturated rings. The third-order valence-electron chi connectivity index (χ3n) is 3.54. The summed E-state index contributed by atoms with van der Waals surface area (Å²) >= 11 is 5.81. The van der Waals surface area contributed by atoms with E-state index < -0.39 is 4.92 Å². The Bertz CT molecular complexity index is 849. The van der Waals surface area contributed by atoms with Gasteiger partial charge in [0.05, 0.1) is 16.8 Å². The highest BCUT2D eigenvalue weighted by Crippen LogP contribution is 2.27. The lowest BCUT2D eigenvalue weighted by molar-refractivity contribution is -0.383. The fraction of sp³-hybridized carbons (Fsp3) is 0.118. The van der Waals surface area contributed by atoms with Gasteiger partial charge in [0.15, 0.2) is 0 Å². The normalized spacial score (nSPS) is 10.5. The van der Waals surface area contributed by atoms with Crippen molar-refractivity contribution in [1.29, 1.82) is 0 Å². The van der Waals surface area contributed by atoms with Gasteiger partial charge in [-0.25, -0.2) is 4.68 Å². The number of halogens is 1. The fourth-order valence-corrected chi connectivity index (χ4v) is 2.52. The fourth-order valence-electron chi connectivity index (χ4n) is 2.36. The first-order valence-corrected chi connectivity index (χ1v) is 7.78. The second kappa shape index (κ2) is 7.14. The van der Waals surface area contributed by atoms with E-state index in [1.807, 2.05) is 36.5 Å². The van der Waals surface area contributed by atoms with E-state index in [1.54, 1.807) is 23.0 Å². The minimum Gasteiger partial charge on any atom is -0.379 e. The molecular weight excluding hydrogens is 328 g/mol. The molecule has 3 aromatic rings. The van der Waals surface area contributed by atoms with Gasteiger partial charge in [0, 0.05) is 23.8 Å². The second-order valence-electron chi connectivity index (χ2n) is 5.22. The lowest BCUT2D eigenvalue weighted by Crippen LogP contribution is -2.06. The summed E-state index contributed by atoms with van der Waals surface area (Å²) in [5.41, 5.74) is 2.47. The summed E-state index contributed by atoms with van der Waals surface area (Å²) in [6.07, 6.45) is 4.45. The summed E-state index contributed by atoms with van der Waals surface area (Å²) in [7, 11) is 0. The highest BCUT2D eigenvalue weighted by Gasteiger charge is 2.13. The molecule has 0 unspecified atom stereocenters. The quantitative estimate of drug-likeness (QED) is 0.541. The summed E-state index contributed by atoms with van der Waals surface area (Å²) in [6.45, 7) is 0.558. The van der Waals surface area contributed by atoms with Crippen LogP contribution in [0.4, 0.5) is 11.4 Å². The van der Waals surface area contributed by atoms with Crippen molar-refractivity contribution < 1.29 is 4.92 Å². The highest BCUT2D eigenvalue weighted by atomic mass is 35.5. The molecule has 0 aliphatic rings. The Labute approximate surface area is 143 Å². The van der Waals surface area contributed by atoms with Gasteiger partial charge in [0.2, 0.25) is 0 Å². The van der Waals surface area contributed by atoms with Crippen LogP contribution in [0.15, 0.2) is 60.9 Å². The van der Waals surface area contributed by atoms with E-state index in [0.717, 1.165) is 11.3 Å². The maximum absolute atomic E-state index is 11.1. The molecule has 1 N–H and O–H groups in total. The molecule has 0 saturated carbocycles. The highest BCUT2D eigenvalue weighted by molar-refractivity contribution is 6.30. The zero-order valence-electron chi connectivity index (χ0n) is 12.7. The molecule has 0 spiro atoms. The van der Waals surface area contributed by atoms with Crippen LogP contribution in [0.3, 0.4) is 0 Å². The van der Waals surface area contributed by atoms with Crippen LogP contribution in [0.2, 0.25) is 5.02 Å². The third-order valence-corrected chi connectivity index (χ3v) is 3.78.